The molecule has 0 radical (unpaired) electrons. The molecule has 1 aromatic heterocycles. The minimum Gasteiger partial charge on any atom is -0.496 e. The van der Waals surface area contributed by atoms with Crippen molar-refractivity contribution >= 4 is 51.3 Å². The van der Waals surface area contributed by atoms with E-state index >= 15 is 4.79 Å². The van der Waals surface area contributed by atoms with Crippen molar-refractivity contribution in [2.45, 2.75) is 99.4 Å². The maximum atomic E-state index is 15.4. The molecule has 10 atom stereocenters. The molecule has 1 amide bonds. The number of hydrogen-bond acceptors (Lipinski definition) is 14. The first kappa shape index (κ1) is 42.7. The molecule has 1 unspecified atom stereocenters. The highest BCUT2D eigenvalue weighted by atomic mass is 32.3. The monoisotopic (exact) mass is 925 g/mol. The molecule has 1 spiro atoms. The number of aromatic nitrogens is 1. The summed E-state index contributed by atoms with van der Waals surface area (Å²) in [4.78, 5) is 66.5. The number of carbonyl (C=O) groups excluding carboxylic acids is 4. The van der Waals surface area contributed by atoms with Crippen LogP contribution in [0.4, 0.5) is 5.69 Å². The van der Waals surface area contributed by atoms with Crippen molar-refractivity contribution in [3.05, 3.63) is 70.9 Å². The van der Waals surface area contributed by atoms with Crippen LogP contribution in [-0.2, 0) is 61.0 Å². The first-order valence-corrected chi connectivity index (χ1v) is 23.1. The molecule has 19 heteroatoms. The summed E-state index contributed by atoms with van der Waals surface area (Å²) in [6, 6.07) is 9.28. The Morgan fingerprint density at radius 1 is 0.985 bits per heavy atom. The minimum atomic E-state index is -4.67. The van der Waals surface area contributed by atoms with Gasteiger partial charge in [-0.2, -0.15) is 8.42 Å². The van der Waals surface area contributed by atoms with Crippen molar-refractivity contribution in [1.82, 2.24) is 14.8 Å². The lowest BCUT2D eigenvalue weighted by Crippen LogP contribution is -2.81. The molecule has 2 saturated heterocycles. The number of methoxy groups -OCH3 is 3. The molecule has 3 fully saturated rings. The Kier molecular flexibility index (Phi) is 10.8. The molecule has 1 saturated carbocycles. The quantitative estimate of drug-likeness (QED) is 0.0717. The lowest BCUT2D eigenvalue weighted by atomic mass is 9.47. The zero-order valence-electron chi connectivity index (χ0n) is 39.9. The Labute approximate surface area is 381 Å². The number of fused-ring (bicyclic) bond motifs is 6. The second kappa shape index (κ2) is 16.5. The zero-order valence-corrected chi connectivity index (χ0v) is 37.7. The van der Waals surface area contributed by atoms with Crippen LogP contribution in [0.3, 0.4) is 0 Å². The van der Waals surface area contributed by atoms with Gasteiger partial charge in [-0.15, -0.1) is 0 Å². The number of amides is 1. The highest BCUT2D eigenvalue weighted by Gasteiger charge is 2.81. The number of nitrogens with one attached hydrogen (secondary N) is 1. The standard InChI is InChI=1S/C46H56N4O10.H2O4S/c1-7-42(55)22-28-23-45(40(53)58-5,36-30(14-18-48(24-28)25-42)29-12-9-10-13-33(29)47-36)32-20-31-34(21-35(32)57-4)50(26-51)38-44(31)16-19-49-17-11-15-43(8-2,37(44)49)39(60-27(3)52)46(38,56)41(54)59-6;1-5(2,3)4/h9-13,15,20-21,26,28,37-39,47,55-56H,7-8,14,16-19,22-25H2,1-6H3;(H2,1,2,3,4)/t28-,37+,38-,39-,42+,43-,44-,45+,46+;/m1./s1/i3D3;. The summed E-state index contributed by atoms with van der Waals surface area (Å²) in [5.74, 6) is -3.35. The lowest BCUT2D eigenvalue weighted by molar-refractivity contribution is -0.228. The topological polar surface area (TPSA) is 246 Å². The van der Waals surface area contributed by atoms with Gasteiger partial charge in [0.25, 0.3) is 0 Å². The number of anilines is 1. The van der Waals surface area contributed by atoms with Gasteiger partial charge in [-0.1, -0.05) is 44.2 Å². The van der Waals surface area contributed by atoms with Crippen molar-refractivity contribution in [3.63, 3.8) is 0 Å². The van der Waals surface area contributed by atoms with Crippen LogP contribution < -0.4 is 9.64 Å². The van der Waals surface area contributed by atoms with Crippen LogP contribution in [-0.4, -0.2) is 150 Å². The fourth-order valence-corrected chi connectivity index (χ4v) is 13.3. The maximum Gasteiger partial charge on any atom is 0.394 e. The fraction of sp³-hybridized carbons (Fsp3) is 0.565. The van der Waals surface area contributed by atoms with Crippen molar-refractivity contribution in [2.24, 2.45) is 11.3 Å². The molecule has 2 bridgehead atoms. The van der Waals surface area contributed by atoms with Crippen LogP contribution in [0, 0.1) is 11.3 Å². The first-order chi connectivity index (χ1) is 32.0. The Bertz CT molecular complexity index is 2670. The third-order valence-corrected chi connectivity index (χ3v) is 15.4. The highest BCUT2D eigenvalue weighted by Crippen LogP contribution is 2.68. The molecule has 3 aromatic rings. The second-order valence-electron chi connectivity index (χ2n) is 18.3. The summed E-state index contributed by atoms with van der Waals surface area (Å²) in [6.45, 7) is 3.17. The molecule has 65 heavy (non-hydrogen) atoms. The van der Waals surface area contributed by atoms with Crippen molar-refractivity contribution < 1.29 is 70.0 Å². The van der Waals surface area contributed by atoms with Gasteiger partial charge in [0.05, 0.1) is 38.7 Å². The third-order valence-electron chi connectivity index (χ3n) is 15.4. The molecule has 2 aromatic carbocycles. The Balaban J connectivity index is 0.00000119. The van der Waals surface area contributed by atoms with Crippen molar-refractivity contribution in [1.29, 1.82) is 0 Å². The molecular formula is C46H58N4O14S. The maximum absolute atomic E-state index is 15.4. The molecule has 5 aliphatic heterocycles. The second-order valence-corrected chi connectivity index (χ2v) is 19.2. The van der Waals surface area contributed by atoms with E-state index in [9.17, 15) is 24.6 Å². The molecule has 6 heterocycles. The molecule has 352 valence electrons. The average molecular weight is 926 g/mol. The normalized spacial score (nSPS) is 35.4. The number of piperidine rings is 1. The summed E-state index contributed by atoms with van der Waals surface area (Å²) >= 11 is 0. The van der Waals surface area contributed by atoms with E-state index in [-0.39, 0.29) is 24.5 Å². The number of aliphatic hydroxyl groups is 2. The first-order valence-electron chi connectivity index (χ1n) is 23.2. The smallest absolute Gasteiger partial charge is 0.394 e. The number of para-hydroxylation sites is 1. The fourth-order valence-electron chi connectivity index (χ4n) is 13.3. The van der Waals surface area contributed by atoms with Gasteiger partial charge in [-0.25, -0.2) is 4.79 Å². The van der Waals surface area contributed by atoms with E-state index in [0.29, 0.717) is 87.3 Å². The number of benzene rings is 2. The Hall–Kier alpha value is -4.89. The molecule has 9 rings (SSSR count). The highest BCUT2D eigenvalue weighted by molar-refractivity contribution is 7.79. The lowest BCUT2D eigenvalue weighted by Gasteiger charge is -2.63. The van der Waals surface area contributed by atoms with Crippen LogP contribution in [0.5, 0.6) is 5.75 Å². The third kappa shape index (κ3) is 6.90. The average Bonchev–Trinajstić information content (AvgIpc) is 3.97. The number of hydrogen-bond donors (Lipinski definition) is 5. The molecular weight excluding hydrogens is 865 g/mol. The van der Waals surface area contributed by atoms with E-state index in [2.05, 4.69) is 14.8 Å². The van der Waals surface area contributed by atoms with Crippen molar-refractivity contribution in [3.8, 4) is 5.75 Å². The van der Waals surface area contributed by atoms with Gasteiger partial charge in [0.2, 0.25) is 12.0 Å². The van der Waals surface area contributed by atoms with E-state index in [1.54, 1.807) is 6.07 Å². The Morgan fingerprint density at radius 3 is 2.35 bits per heavy atom. The summed E-state index contributed by atoms with van der Waals surface area (Å²) in [5.41, 5.74) is -4.43. The van der Waals surface area contributed by atoms with E-state index in [1.165, 1.54) is 19.1 Å². The molecule has 18 nitrogen and oxygen atoms in total. The minimum absolute atomic E-state index is 0.180. The van der Waals surface area contributed by atoms with Gasteiger partial charge in [-0.05, 0) is 74.2 Å². The number of H-pyrrole nitrogens is 1. The van der Waals surface area contributed by atoms with E-state index in [0.717, 1.165) is 23.6 Å². The zero-order chi connectivity index (χ0) is 49.6. The summed E-state index contributed by atoms with van der Waals surface area (Å²) < 4.78 is 78.8. The molecule has 6 aliphatic rings. The number of rotatable bonds is 8. The van der Waals surface area contributed by atoms with Gasteiger partial charge in [0.15, 0.2) is 6.10 Å². The van der Waals surface area contributed by atoms with Crippen LogP contribution in [0.1, 0.15) is 79.3 Å². The summed E-state index contributed by atoms with van der Waals surface area (Å²) in [7, 11) is -0.760. The summed E-state index contributed by atoms with van der Waals surface area (Å²) in [5, 5.41) is 26.3. The summed E-state index contributed by atoms with van der Waals surface area (Å²) in [6.07, 6.45) is 4.56. The predicted octanol–water partition coefficient (Wildman–Crippen LogP) is 2.86. The van der Waals surface area contributed by atoms with Crippen LogP contribution in [0.2, 0.25) is 0 Å². The molecule has 1 aliphatic carbocycles. The Morgan fingerprint density at radius 2 is 1.71 bits per heavy atom. The van der Waals surface area contributed by atoms with E-state index in [1.807, 2.05) is 56.3 Å². The SMILES string of the molecule is O=S(=O)(O)O.[2H]C([2H])([2H])C(=O)O[C@@H]1[C@]2(CC)C=CCN3CC[C@@]4(c5cc([C@@]6(C(=O)OC)C[C@@H]7CN(CCc8c6[nH]c6ccccc86)C[C@](O)(CC)C7)c(OC)cc5N(C=O)[C@H]4[C@@]1(O)C(=O)OC)[C@@H]32. The number of nitrogens with zero attached hydrogens (tertiary/aromatic N) is 3. The van der Waals surface area contributed by atoms with Gasteiger partial charge in [0, 0.05) is 82.2 Å². The van der Waals surface area contributed by atoms with Gasteiger partial charge < -0.3 is 39.0 Å². The number of carbonyl (C=O) groups is 4. The number of ether oxygens (including phenoxy) is 4. The van der Waals surface area contributed by atoms with Gasteiger partial charge in [0.1, 0.15) is 11.2 Å². The van der Waals surface area contributed by atoms with Crippen LogP contribution in [0.15, 0.2) is 48.6 Å². The predicted molar refractivity (Wildman–Crippen MR) is 235 cm³/mol. The van der Waals surface area contributed by atoms with Gasteiger partial charge >= 0.3 is 28.3 Å². The van der Waals surface area contributed by atoms with Crippen LogP contribution >= 0.6 is 0 Å². The van der Waals surface area contributed by atoms with Gasteiger partial charge in [-0.3, -0.25) is 33.3 Å². The number of esters is 3. The van der Waals surface area contributed by atoms with Crippen molar-refractivity contribution in [2.75, 3.05) is 59.0 Å². The van der Waals surface area contributed by atoms with Crippen LogP contribution in [0.25, 0.3) is 10.9 Å². The van der Waals surface area contributed by atoms with E-state index < -0.39 is 80.8 Å². The largest absolute Gasteiger partial charge is 0.496 e. The number of aromatic amines is 1. The molecule has 5 N–H and O–H groups in total. The van der Waals surface area contributed by atoms with E-state index in [4.69, 9.17) is 40.6 Å².